The molecule has 19 heavy (non-hydrogen) atoms. The molecule has 0 saturated heterocycles. The van der Waals surface area contributed by atoms with E-state index in [1.807, 2.05) is 35.7 Å². The molecular formula is C15H14N2OS. The lowest BCUT2D eigenvalue weighted by atomic mass is 10.1. The van der Waals surface area contributed by atoms with Crippen molar-refractivity contribution in [3.8, 4) is 0 Å². The van der Waals surface area contributed by atoms with Gasteiger partial charge in [0.15, 0.2) is 0 Å². The standard InChI is InChI=1S/C15H14N2OS/c18-15(13-7-4-10-19-13)17-9-8-16-14(17)11-12-5-2-1-3-6-12/h1-7,10H,8-9,11H2. The van der Waals surface area contributed by atoms with Gasteiger partial charge in [-0.1, -0.05) is 36.4 Å². The van der Waals surface area contributed by atoms with Crippen LogP contribution in [0.4, 0.5) is 0 Å². The van der Waals surface area contributed by atoms with Crippen LogP contribution in [0.5, 0.6) is 0 Å². The summed E-state index contributed by atoms with van der Waals surface area (Å²) >= 11 is 1.48. The predicted octanol–water partition coefficient (Wildman–Crippen LogP) is 2.85. The lowest BCUT2D eigenvalue weighted by Gasteiger charge is -2.17. The molecule has 96 valence electrons. The number of thiophene rings is 1. The molecule has 2 heterocycles. The summed E-state index contributed by atoms with van der Waals surface area (Å²) in [6, 6.07) is 13.9. The Bertz CT molecular complexity index is 590. The van der Waals surface area contributed by atoms with E-state index in [2.05, 4.69) is 17.1 Å². The second-order valence-electron chi connectivity index (χ2n) is 4.39. The summed E-state index contributed by atoms with van der Waals surface area (Å²) in [5.41, 5.74) is 1.19. The van der Waals surface area contributed by atoms with Gasteiger partial charge in [-0.2, -0.15) is 0 Å². The molecule has 1 aromatic carbocycles. The van der Waals surface area contributed by atoms with Crippen LogP contribution in [0.15, 0.2) is 52.8 Å². The molecule has 0 spiro atoms. The van der Waals surface area contributed by atoms with Crippen LogP contribution in [-0.2, 0) is 6.42 Å². The van der Waals surface area contributed by atoms with E-state index in [0.29, 0.717) is 13.1 Å². The van der Waals surface area contributed by atoms with E-state index in [4.69, 9.17) is 0 Å². The van der Waals surface area contributed by atoms with E-state index in [0.717, 1.165) is 17.1 Å². The third kappa shape index (κ3) is 2.58. The number of nitrogens with zero attached hydrogens (tertiary/aromatic N) is 2. The number of benzene rings is 1. The Balaban J connectivity index is 1.77. The highest BCUT2D eigenvalue weighted by Gasteiger charge is 2.25. The van der Waals surface area contributed by atoms with Crippen molar-refractivity contribution in [2.75, 3.05) is 13.1 Å². The van der Waals surface area contributed by atoms with Crippen LogP contribution in [0.25, 0.3) is 0 Å². The minimum absolute atomic E-state index is 0.0715. The van der Waals surface area contributed by atoms with Crippen LogP contribution >= 0.6 is 11.3 Å². The second kappa shape index (κ2) is 5.36. The predicted molar refractivity (Wildman–Crippen MR) is 77.8 cm³/mol. The SMILES string of the molecule is O=C(c1cccs1)N1CCN=C1Cc1ccccc1. The molecule has 0 bridgehead atoms. The topological polar surface area (TPSA) is 32.7 Å². The van der Waals surface area contributed by atoms with E-state index in [1.165, 1.54) is 16.9 Å². The Hall–Kier alpha value is -1.94. The van der Waals surface area contributed by atoms with E-state index in [-0.39, 0.29) is 5.91 Å². The number of amidine groups is 1. The smallest absolute Gasteiger partial charge is 0.269 e. The molecular weight excluding hydrogens is 256 g/mol. The van der Waals surface area contributed by atoms with Crippen LogP contribution in [0, 0.1) is 0 Å². The first-order valence-electron chi connectivity index (χ1n) is 6.27. The van der Waals surface area contributed by atoms with Crippen molar-refractivity contribution in [1.82, 2.24) is 4.90 Å². The van der Waals surface area contributed by atoms with Crippen LogP contribution in [0.1, 0.15) is 15.2 Å². The molecule has 1 amide bonds. The molecule has 4 heteroatoms. The van der Waals surface area contributed by atoms with Crippen LogP contribution in [0.3, 0.4) is 0 Å². The summed E-state index contributed by atoms with van der Waals surface area (Å²) in [5.74, 6) is 0.951. The molecule has 1 aromatic heterocycles. The maximum absolute atomic E-state index is 12.4. The van der Waals surface area contributed by atoms with Crippen molar-refractivity contribution in [1.29, 1.82) is 0 Å². The average molecular weight is 270 g/mol. The molecule has 1 aliphatic rings. The minimum Gasteiger partial charge on any atom is -0.294 e. The Labute approximate surface area is 116 Å². The van der Waals surface area contributed by atoms with Gasteiger partial charge in [-0.15, -0.1) is 11.3 Å². The third-order valence-corrected chi connectivity index (χ3v) is 3.97. The number of carbonyl (C=O) groups excluding carboxylic acids is 1. The zero-order chi connectivity index (χ0) is 13.1. The average Bonchev–Trinajstić information content (AvgIpc) is 3.10. The van der Waals surface area contributed by atoms with Gasteiger partial charge in [0.05, 0.1) is 11.4 Å². The summed E-state index contributed by atoms with van der Waals surface area (Å²) in [6.07, 6.45) is 0.720. The zero-order valence-electron chi connectivity index (χ0n) is 10.5. The first-order chi connectivity index (χ1) is 9.34. The van der Waals surface area contributed by atoms with Crippen molar-refractivity contribution < 1.29 is 4.79 Å². The molecule has 3 nitrogen and oxygen atoms in total. The molecule has 0 saturated carbocycles. The van der Waals surface area contributed by atoms with E-state index < -0.39 is 0 Å². The Morgan fingerprint density at radius 2 is 2.05 bits per heavy atom. The zero-order valence-corrected chi connectivity index (χ0v) is 11.3. The van der Waals surface area contributed by atoms with Crippen molar-refractivity contribution in [2.24, 2.45) is 4.99 Å². The fraction of sp³-hybridized carbons (Fsp3) is 0.200. The van der Waals surface area contributed by atoms with Crippen molar-refractivity contribution in [3.05, 3.63) is 58.3 Å². The second-order valence-corrected chi connectivity index (χ2v) is 5.34. The normalized spacial score (nSPS) is 14.5. The Morgan fingerprint density at radius 3 is 2.79 bits per heavy atom. The highest BCUT2D eigenvalue weighted by atomic mass is 32.1. The van der Waals surface area contributed by atoms with Gasteiger partial charge >= 0.3 is 0 Å². The third-order valence-electron chi connectivity index (χ3n) is 3.11. The number of carbonyl (C=O) groups is 1. The largest absolute Gasteiger partial charge is 0.294 e. The molecule has 0 atom stereocenters. The van der Waals surface area contributed by atoms with Gasteiger partial charge in [0.25, 0.3) is 5.91 Å². The summed E-state index contributed by atoms with van der Waals surface area (Å²) in [7, 11) is 0. The van der Waals surface area contributed by atoms with Crippen molar-refractivity contribution in [3.63, 3.8) is 0 Å². The summed E-state index contributed by atoms with van der Waals surface area (Å²) in [5, 5.41) is 1.93. The fourth-order valence-corrected chi connectivity index (χ4v) is 2.85. The summed E-state index contributed by atoms with van der Waals surface area (Å²) < 4.78 is 0. The monoisotopic (exact) mass is 270 g/mol. The molecule has 3 rings (SSSR count). The van der Waals surface area contributed by atoms with E-state index >= 15 is 0 Å². The molecule has 0 N–H and O–H groups in total. The summed E-state index contributed by atoms with van der Waals surface area (Å²) in [6.45, 7) is 1.40. The van der Waals surface area contributed by atoms with Gasteiger partial charge in [-0.25, -0.2) is 0 Å². The number of hydrogen-bond acceptors (Lipinski definition) is 3. The van der Waals surface area contributed by atoms with Crippen molar-refractivity contribution >= 4 is 23.1 Å². The van der Waals surface area contributed by atoms with Gasteiger partial charge in [0.1, 0.15) is 5.84 Å². The summed E-state index contributed by atoms with van der Waals surface area (Å²) in [4.78, 5) is 19.4. The first-order valence-corrected chi connectivity index (χ1v) is 7.15. The van der Waals surface area contributed by atoms with Crippen LogP contribution in [-0.4, -0.2) is 29.7 Å². The highest BCUT2D eigenvalue weighted by molar-refractivity contribution is 7.12. The number of aliphatic imine (C=N–C) groups is 1. The Morgan fingerprint density at radius 1 is 1.21 bits per heavy atom. The van der Waals surface area contributed by atoms with Crippen LogP contribution < -0.4 is 0 Å². The Kier molecular flexibility index (Phi) is 3.42. The van der Waals surface area contributed by atoms with Crippen LogP contribution in [0.2, 0.25) is 0 Å². The lowest BCUT2D eigenvalue weighted by Crippen LogP contribution is -2.34. The van der Waals surface area contributed by atoms with Crippen molar-refractivity contribution in [2.45, 2.75) is 6.42 Å². The van der Waals surface area contributed by atoms with Gasteiger partial charge in [0, 0.05) is 13.0 Å². The first kappa shape index (κ1) is 12.1. The molecule has 0 radical (unpaired) electrons. The quantitative estimate of drug-likeness (QED) is 0.844. The lowest BCUT2D eigenvalue weighted by molar-refractivity contribution is 0.0861. The van der Waals surface area contributed by atoms with Gasteiger partial charge in [-0.05, 0) is 17.0 Å². The fourth-order valence-electron chi connectivity index (χ4n) is 2.18. The molecule has 0 aliphatic carbocycles. The minimum atomic E-state index is 0.0715. The van der Waals surface area contributed by atoms with Gasteiger partial charge in [0.2, 0.25) is 0 Å². The number of rotatable bonds is 3. The van der Waals surface area contributed by atoms with E-state index in [1.54, 1.807) is 4.90 Å². The molecule has 1 aliphatic heterocycles. The van der Waals surface area contributed by atoms with Gasteiger partial charge in [-0.3, -0.25) is 14.7 Å². The highest BCUT2D eigenvalue weighted by Crippen LogP contribution is 2.16. The number of hydrogen-bond donors (Lipinski definition) is 0. The number of amides is 1. The van der Waals surface area contributed by atoms with E-state index in [9.17, 15) is 4.79 Å². The maximum atomic E-state index is 12.4. The maximum Gasteiger partial charge on any atom is 0.269 e. The molecule has 0 unspecified atom stereocenters. The molecule has 2 aromatic rings. The van der Waals surface area contributed by atoms with Gasteiger partial charge < -0.3 is 0 Å². The molecule has 0 fully saturated rings.